The number of hydrogen-bond donors (Lipinski definition) is 3. The Hall–Kier alpha value is -1.44. The molecule has 7 heteroatoms. The molecule has 3 N–H and O–H groups in total. The van der Waals surface area contributed by atoms with E-state index in [1.165, 1.54) is 26.0 Å². The van der Waals surface area contributed by atoms with Gasteiger partial charge in [-0.1, -0.05) is 24.6 Å². The van der Waals surface area contributed by atoms with Crippen LogP contribution in [0.5, 0.6) is 0 Å². The number of aliphatic hydroxyl groups is 1. The van der Waals surface area contributed by atoms with E-state index in [1.54, 1.807) is 12.1 Å². The molecule has 1 aromatic carbocycles. The van der Waals surface area contributed by atoms with Crippen molar-refractivity contribution in [3.05, 3.63) is 29.8 Å². The Labute approximate surface area is 118 Å². The Kier molecular flexibility index (Phi) is 4.90. The van der Waals surface area contributed by atoms with Crippen molar-refractivity contribution in [2.75, 3.05) is 0 Å². The molecule has 1 aromatic rings. The second kappa shape index (κ2) is 5.90. The number of benzene rings is 1. The van der Waals surface area contributed by atoms with Crippen LogP contribution in [0.2, 0.25) is 0 Å². The molecule has 20 heavy (non-hydrogen) atoms. The fourth-order valence-electron chi connectivity index (χ4n) is 1.76. The molecule has 0 aliphatic carbocycles. The molecule has 1 rings (SSSR count). The molecule has 0 heterocycles. The third kappa shape index (κ3) is 3.36. The monoisotopic (exact) mass is 301 g/mol. The SMILES string of the molecule is CC[C@](O)(C(=O)O)[C@H](C)NS(=O)(=O)c1ccc(C)cc1. The highest BCUT2D eigenvalue weighted by Gasteiger charge is 2.42. The molecular formula is C13H19NO5S. The number of nitrogens with one attached hydrogen (secondary N) is 1. The van der Waals surface area contributed by atoms with Crippen molar-refractivity contribution in [3.63, 3.8) is 0 Å². The lowest BCUT2D eigenvalue weighted by atomic mass is 9.93. The minimum Gasteiger partial charge on any atom is -0.479 e. The zero-order valence-electron chi connectivity index (χ0n) is 11.6. The fraction of sp³-hybridized carbons (Fsp3) is 0.462. The lowest BCUT2D eigenvalue weighted by Crippen LogP contribution is -2.55. The predicted octanol–water partition coefficient (Wildman–Crippen LogP) is 0.888. The molecule has 0 aliphatic rings. The molecule has 0 bridgehead atoms. The predicted molar refractivity (Wildman–Crippen MR) is 73.8 cm³/mol. The maximum Gasteiger partial charge on any atom is 0.337 e. The second-order valence-electron chi connectivity index (χ2n) is 4.74. The minimum atomic E-state index is -3.88. The van der Waals surface area contributed by atoms with E-state index in [4.69, 9.17) is 5.11 Å². The first-order valence-corrected chi connectivity index (χ1v) is 7.66. The minimum absolute atomic E-state index is 0.0267. The van der Waals surface area contributed by atoms with Crippen molar-refractivity contribution in [2.24, 2.45) is 0 Å². The summed E-state index contributed by atoms with van der Waals surface area (Å²) in [4.78, 5) is 11.1. The van der Waals surface area contributed by atoms with E-state index < -0.39 is 27.6 Å². The summed E-state index contributed by atoms with van der Waals surface area (Å²) in [5.41, 5.74) is -1.23. The first-order valence-electron chi connectivity index (χ1n) is 6.18. The van der Waals surface area contributed by atoms with Crippen LogP contribution >= 0.6 is 0 Å². The van der Waals surface area contributed by atoms with Gasteiger partial charge in [0.2, 0.25) is 10.0 Å². The summed E-state index contributed by atoms with van der Waals surface area (Å²) in [6.07, 6.45) is -0.111. The molecule has 6 nitrogen and oxygen atoms in total. The number of aryl methyl sites for hydroxylation is 1. The van der Waals surface area contributed by atoms with Crippen LogP contribution in [-0.4, -0.2) is 36.2 Å². The summed E-state index contributed by atoms with van der Waals surface area (Å²) >= 11 is 0. The summed E-state index contributed by atoms with van der Waals surface area (Å²) in [7, 11) is -3.88. The van der Waals surface area contributed by atoms with Crippen LogP contribution in [0.4, 0.5) is 0 Å². The van der Waals surface area contributed by atoms with Gasteiger partial charge in [0.1, 0.15) is 0 Å². The molecule has 2 atom stereocenters. The first-order chi connectivity index (χ1) is 9.13. The van der Waals surface area contributed by atoms with Crippen molar-refractivity contribution >= 4 is 16.0 Å². The fourth-order valence-corrected chi connectivity index (χ4v) is 3.05. The molecule has 0 aliphatic heterocycles. The third-order valence-electron chi connectivity index (χ3n) is 3.29. The highest BCUT2D eigenvalue weighted by Crippen LogP contribution is 2.18. The van der Waals surface area contributed by atoms with Crippen LogP contribution in [0, 0.1) is 6.92 Å². The van der Waals surface area contributed by atoms with Gasteiger partial charge in [0, 0.05) is 0 Å². The summed E-state index contributed by atoms with van der Waals surface area (Å²) in [5.74, 6) is -1.46. The average Bonchev–Trinajstić information content (AvgIpc) is 2.37. The third-order valence-corrected chi connectivity index (χ3v) is 4.85. The molecule has 0 unspecified atom stereocenters. The van der Waals surface area contributed by atoms with E-state index in [0.717, 1.165) is 5.56 Å². The molecule has 112 valence electrons. The smallest absolute Gasteiger partial charge is 0.337 e. The van der Waals surface area contributed by atoms with Gasteiger partial charge in [-0.25, -0.2) is 17.9 Å². The van der Waals surface area contributed by atoms with Gasteiger partial charge < -0.3 is 10.2 Å². The molecule has 0 saturated heterocycles. The number of carboxylic acids is 1. The van der Waals surface area contributed by atoms with E-state index in [1.807, 2.05) is 6.92 Å². The van der Waals surface area contributed by atoms with Gasteiger partial charge in [-0.3, -0.25) is 0 Å². The van der Waals surface area contributed by atoms with E-state index in [0.29, 0.717) is 0 Å². The Balaban J connectivity index is 3.02. The van der Waals surface area contributed by atoms with Crippen LogP contribution in [0.15, 0.2) is 29.2 Å². The number of sulfonamides is 1. The highest BCUT2D eigenvalue weighted by molar-refractivity contribution is 7.89. The van der Waals surface area contributed by atoms with Crippen molar-refractivity contribution in [1.82, 2.24) is 4.72 Å². The molecule has 0 saturated carbocycles. The largest absolute Gasteiger partial charge is 0.479 e. The lowest BCUT2D eigenvalue weighted by molar-refractivity contribution is -0.161. The number of carboxylic acid groups (broad SMARTS) is 1. The van der Waals surface area contributed by atoms with Crippen LogP contribution in [-0.2, 0) is 14.8 Å². The van der Waals surface area contributed by atoms with Crippen LogP contribution in [0.3, 0.4) is 0 Å². The number of aliphatic carboxylic acids is 1. The number of hydrogen-bond acceptors (Lipinski definition) is 4. The van der Waals surface area contributed by atoms with Gasteiger partial charge >= 0.3 is 5.97 Å². The molecule has 0 spiro atoms. The van der Waals surface area contributed by atoms with Gasteiger partial charge in [0.25, 0.3) is 0 Å². The summed E-state index contributed by atoms with van der Waals surface area (Å²) in [6, 6.07) is 4.98. The summed E-state index contributed by atoms with van der Waals surface area (Å²) in [5, 5.41) is 19.0. The average molecular weight is 301 g/mol. The molecule has 0 amide bonds. The topological polar surface area (TPSA) is 104 Å². The summed E-state index contributed by atoms with van der Waals surface area (Å²) in [6.45, 7) is 4.63. The van der Waals surface area contributed by atoms with Gasteiger partial charge in [0.05, 0.1) is 10.9 Å². The van der Waals surface area contributed by atoms with Crippen molar-refractivity contribution in [1.29, 1.82) is 0 Å². The summed E-state index contributed by atoms with van der Waals surface area (Å²) < 4.78 is 26.5. The maximum absolute atomic E-state index is 12.1. The van der Waals surface area contributed by atoms with Gasteiger partial charge in [0.15, 0.2) is 5.60 Å². The normalized spacial score (nSPS) is 16.4. The second-order valence-corrected chi connectivity index (χ2v) is 6.45. The van der Waals surface area contributed by atoms with E-state index in [2.05, 4.69) is 4.72 Å². The zero-order valence-corrected chi connectivity index (χ0v) is 12.4. The van der Waals surface area contributed by atoms with Crippen molar-refractivity contribution in [2.45, 2.75) is 43.7 Å². The number of rotatable bonds is 6. The van der Waals surface area contributed by atoms with E-state index in [9.17, 15) is 18.3 Å². The Morgan fingerprint density at radius 1 is 1.35 bits per heavy atom. The van der Waals surface area contributed by atoms with E-state index >= 15 is 0 Å². The number of carbonyl (C=O) groups is 1. The van der Waals surface area contributed by atoms with E-state index in [-0.39, 0.29) is 11.3 Å². The molecular weight excluding hydrogens is 282 g/mol. The van der Waals surface area contributed by atoms with Gasteiger partial charge in [-0.2, -0.15) is 0 Å². The first kappa shape index (κ1) is 16.6. The van der Waals surface area contributed by atoms with Crippen LogP contribution < -0.4 is 4.72 Å². The molecule has 0 radical (unpaired) electrons. The van der Waals surface area contributed by atoms with Crippen LogP contribution in [0.25, 0.3) is 0 Å². The highest BCUT2D eigenvalue weighted by atomic mass is 32.2. The maximum atomic E-state index is 12.1. The van der Waals surface area contributed by atoms with Crippen LogP contribution in [0.1, 0.15) is 25.8 Å². The zero-order chi connectivity index (χ0) is 15.6. The van der Waals surface area contributed by atoms with Crippen molar-refractivity contribution < 1.29 is 23.4 Å². The Morgan fingerprint density at radius 2 is 1.85 bits per heavy atom. The van der Waals surface area contributed by atoms with Gasteiger partial charge in [-0.15, -0.1) is 0 Å². The quantitative estimate of drug-likeness (QED) is 0.724. The Bertz CT molecular complexity index is 581. The van der Waals surface area contributed by atoms with Gasteiger partial charge in [-0.05, 0) is 32.4 Å². The van der Waals surface area contributed by atoms with Crippen molar-refractivity contribution in [3.8, 4) is 0 Å². The standard InChI is InChI=1S/C13H19NO5S/c1-4-13(17,12(15)16)10(3)14-20(18,19)11-7-5-9(2)6-8-11/h5-8,10,14,17H,4H2,1-3H3,(H,15,16)/t10-,13+/m0/s1. The lowest BCUT2D eigenvalue weighted by Gasteiger charge is -2.29. The molecule has 0 aromatic heterocycles. The molecule has 0 fully saturated rings. The Morgan fingerprint density at radius 3 is 2.25 bits per heavy atom.